The van der Waals surface area contributed by atoms with Gasteiger partial charge in [-0.05, 0) is 51.2 Å². The maximum Gasteiger partial charge on any atom is 0.305 e. The molecule has 1 aromatic carbocycles. The van der Waals surface area contributed by atoms with Crippen molar-refractivity contribution < 1.29 is 19.5 Å². The van der Waals surface area contributed by atoms with Gasteiger partial charge in [0.25, 0.3) is 5.91 Å². The van der Waals surface area contributed by atoms with Crippen LogP contribution in [0.15, 0.2) is 24.3 Å². The highest BCUT2D eigenvalue weighted by Gasteiger charge is 2.42. The normalized spacial score (nSPS) is 21.6. The summed E-state index contributed by atoms with van der Waals surface area (Å²) in [5.41, 5.74) is 1.14. The number of aliphatic carboxylic acids is 1. The maximum atomic E-state index is 12.7. The summed E-state index contributed by atoms with van der Waals surface area (Å²) in [4.78, 5) is 38.2. The van der Waals surface area contributed by atoms with E-state index in [-0.39, 0.29) is 24.2 Å². The monoisotopic (exact) mass is 358 g/mol. The second kappa shape index (κ2) is 7.48. The fourth-order valence-electron chi connectivity index (χ4n) is 3.86. The lowest BCUT2D eigenvalue weighted by Gasteiger charge is -2.43. The maximum absolute atomic E-state index is 12.7. The Morgan fingerprint density at radius 1 is 1.19 bits per heavy atom. The number of nitrogens with zero attached hydrogens (tertiary/aromatic N) is 1. The smallest absolute Gasteiger partial charge is 0.305 e. The summed E-state index contributed by atoms with van der Waals surface area (Å²) in [6.45, 7) is 3.02. The molecule has 1 aliphatic heterocycles. The summed E-state index contributed by atoms with van der Waals surface area (Å²) < 4.78 is 0. The van der Waals surface area contributed by atoms with Gasteiger partial charge in [0, 0.05) is 18.7 Å². The lowest BCUT2D eigenvalue weighted by Crippen LogP contribution is -2.57. The molecule has 1 saturated carbocycles. The van der Waals surface area contributed by atoms with Gasteiger partial charge in [-0.3, -0.25) is 14.4 Å². The van der Waals surface area contributed by atoms with Crippen molar-refractivity contribution in [3.63, 3.8) is 0 Å². The Labute approximate surface area is 153 Å². The van der Waals surface area contributed by atoms with Gasteiger partial charge in [-0.1, -0.05) is 17.7 Å². The molecule has 6 nitrogen and oxygen atoms in total. The van der Waals surface area contributed by atoms with Gasteiger partial charge >= 0.3 is 5.97 Å². The van der Waals surface area contributed by atoms with E-state index in [9.17, 15) is 14.4 Å². The number of nitrogens with one attached hydrogen (secondary N) is 1. The zero-order valence-electron chi connectivity index (χ0n) is 15.2. The topological polar surface area (TPSA) is 86.7 Å². The molecule has 1 heterocycles. The fourth-order valence-corrected chi connectivity index (χ4v) is 3.86. The van der Waals surface area contributed by atoms with E-state index in [1.807, 2.05) is 31.2 Å². The van der Waals surface area contributed by atoms with Crippen LogP contribution in [0.5, 0.6) is 0 Å². The van der Waals surface area contributed by atoms with E-state index in [0.717, 1.165) is 24.8 Å². The van der Waals surface area contributed by atoms with Gasteiger partial charge in [-0.15, -0.1) is 0 Å². The minimum atomic E-state index is -0.884. The standard InChI is InChI=1S/C20H26N2O4/c1-14-5-7-15(8-6-14)19(26)22-11-2-4-16(13-22)18(25)21-20(9-3-10-20)12-17(23)24/h5-8,16H,2-4,9-13H2,1H3,(H,21,25)(H,23,24). The van der Waals surface area contributed by atoms with Gasteiger partial charge in [0.1, 0.15) is 0 Å². The van der Waals surface area contributed by atoms with E-state index in [2.05, 4.69) is 5.32 Å². The first-order chi connectivity index (χ1) is 12.4. The first-order valence-corrected chi connectivity index (χ1v) is 9.28. The number of hydrogen-bond donors (Lipinski definition) is 2. The van der Waals surface area contributed by atoms with Crippen molar-refractivity contribution >= 4 is 17.8 Å². The van der Waals surface area contributed by atoms with Crippen LogP contribution < -0.4 is 5.32 Å². The molecule has 1 unspecified atom stereocenters. The lowest BCUT2D eigenvalue weighted by molar-refractivity contribution is -0.141. The number of rotatable bonds is 5. The van der Waals surface area contributed by atoms with Gasteiger partial charge in [0.15, 0.2) is 0 Å². The van der Waals surface area contributed by atoms with Gasteiger partial charge < -0.3 is 15.3 Å². The van der Waals surface area contributed by atoms with Crippen LogP contribution in [0.3, 0.4) is 0 Å². The number of carboxylic acid groups (broad SMARTS) is 1. The number of carboxylic acids is 1. The molecule has 6 heteroatoms. The average molecular weight is 358 g/mol. The van der Waals surface area contributed by atoms with Gasteiger partial charge in [-0.25, -0.2) is 0 Å². The van der Waals surface area contributed by atoms with Crippen LogP contribution in [0, 0.1) is 12.8 Å². The summed E-state index contributed by atoms with van der Waals surface area (Å²) in [7, 11) is 0. The Balaban J connectivity index is 1.62. The Morgan fingerprint density at radius 2 is 1.88 bits per heavy atom. The van der Waals surface area contributed by atoms with E-state index in [4.69, 9.17) is 5.11 Å². The number of piperidine rings is 1. The summed E-state index contributed by atoms with van der Waals surface area (Å²) in [6, 6.07) is 7.45. The third-order valence-electron chi connectivity index (χ3n) is 5.57. The number of carbonyl (C=O) groups excluding carboxylic acids is 2. The van der Waals surface area contributed by atoms with E-state index < -0.39 is 11.5 Å². The van der Waals surface area contributed by atoms with Crippen LogP contribution in [0.2, 0.25) is 0 Å². The van der Waals surface area contributed by atoms with Crippen LogP contribution in [0.1, 0.15) is 54.4 Å². The molecule has 2 N–H and O–H groups in total. The molecule has 2 aliphatic rings. The molecular formula is C20H26N2O4. The number of hydrogen-bond acceptors (Lipinski definition) is 3. The Hall–Kier alpha value is -2.37. The second-order valence-corrected chi connectivity index (χ2v) is 7.65. The number of benzene rings is 1. The highest BCUT2D eigenvalue weighted by molar-refractivity contribution is 5.94. The third-order valence-corrected chi connectivity index (χ3v) is 5.57. The van der Waals surface area contributed by atoms with Crippen LogP contribution in [-0.2, 0) is 9.59 Å². The summed E-state index contributed by atoms with van der Waals surface area (Å²) in [5.74, 6) is -1.33. The molecule has 0 aromatic heterocycles. The molecule has 0 spiro atoms. The molecule has 1 atom stereocenters. The molecule has 26 heavy (non-hydrogen) atoms. The van der Waals surface area contributed by atoms with Crippen LogP contribution in [-0.4, -0.2) is 46.4 Å². The molecule has 1 saturated heterocycles. The minimum Gasteiger partial charge on any atom is -0.481 e. The zero-order chi connectivity index (χ0) is 18.7. The Bertz CT molecular complexity index is 694. The first-order valence-electron chi connectivity index (χ1n) is 9.28. The van der Waals surface area contributed by atoms with Crippen molar-refractivity contribution in [3.05, 3.63) is 35.4 Å². The summed E-state index contributed by atoms with van der Waals surface area (Å²) in [5, 5.41) is 12.1. The Kier molecular flexibility index (Phi) is 5.30. The average Bonchev–Trinajstić information content (AvgIpc) is 2.59. The molecular weight excluding hydrogens is 332 g/mol. The van der Waals surface area contributed by atoms with E-state index in [1.165, 1.54) is 0 Å². The number of aryl methyl sites for hydroxylation is 1. The van der Waals surface area contributed by atoms with Crippen molar-refractivity contribution in [2.75, 3.05) is 13.1 Å². The van der Waals surface area contributed by atoms with Crippen molar-refractivity contribution in [2.24, 2.45) is 5.92 Å². The molecule has 1 aromatic rings. The van der Waals surface area contributed by atoms with E-state index >= 15 is 0 Å². The van der Waals surface area contributed by atoms with Gasteiger partial charge in [-0.2, -0.15) is 0 Å². The van der Waals surface area contributed by atoms with Crippen molar-refractivity contribution in [3.8, 4) is 0 Å². The van der Waals surface area contributed by atoms with Crippen LogP contribution >= 0.6 is 0 Å². The van der Waals surface area contributed by atoms with Crippen LogP contribution in [0.25, 0.3) is 0 Å². The Morgan fingerprint density at radius 3 is 2.46 bits per heavy atom. The molecule has 3 rings (SSSR count). The molecule has 1 aliphatic carbocycles. The lowest BCUT2D eigenvalue weighted by atomic mass is 9.74. The largest absolute Gasteiger partial charge is 0.481 e. The number of carbonyl (C=O) groups is 3. The minimum absolute atomic E-state index is 0.0303. The predicted octanol–water partition coefficient (Wildman–Crippen LogP) is 2.36. The number of amides is 2. The molecule has 0 radical (unpaired) electrons. The second-order valence-electron chi connectivity index (χ2n) is 7.65. The summed E-state index contributed by atoms with van der Waals surface area (Å²) >= 11 is 0. The number of likely N-dealkylation sites (tertiary alicyclic amines) is 1. The third kappa shape index (κ3) is 4.06. The van der Waals surface area contributed by atoms with Gasteiger partial charge in [0.05, 0.1) is 17.9 Å². The van der Waals surface area contributed by atoms with Crippen LogP contribution in [0.4, 0.5) is 0 Å². The highest BCUT2D eigenvalue weighted by atomic mass is 16.4. The van der Waals surface area contributed by atoms with E-state index in [1.54, 1.807) is 4.90 Å². The molecule has 140 valence electrons. The van der Waals surface area contributed by atoms with Gasteiger partial charge in [0.2, 0.25) is 5.91 Å². The van der Waals surface area contributed by atoms with E-state index in [0.29, 0.717) is 31.5 Å². The predicted molar refractivity (Wildman–Crippen MR) is 96.8 cm³/mol. The SMILES string of the molecule is Cc1ccc(C(=O)N2CCCC(C(=O)NC3(CC(=O)O)CCC3)C2)cc1. The highest BCUT2D eigenvalue weighted by Crippen LogP contribution is 2.35. The molecule has 0 bridgehead atoms. The van der Waals surface area contributed by atoms with Crippen molar-refractivity contribution in [2.45, 2.75) is 51.0 Å². The molecule has 2 fully saturated rings. The molecule has 2 amide bonds. The van der Waals surface area contributed by atoms with Crippen molar-refractivity contribution in [1.29, 1.82) is 0 Å². The summed E-state index contributed by atoms with van der Waals surface area (Å²) in [6.07, 6.45) is 3.84. The first kappa shape index (κ1) is 18.4. The van der Waals surface area contributed by atoms with Crippen molar-refractivity contribution in [1.82, 2.24) is 10.2 Å². The quantitative estimate of drug-likeness (QED) is 0.846. The zero-order valence-corrected chi connectivity index (χ0v) is 15.2. The fraction of sp³-hybridized carbons (Fsp3) is 0.550.